The van der Waals surface area contributed by atoms with E-state index in [1.807, 2.05) is 42.2 Å². The van der Waals surface area contributed by atoms with E-state index in [4.69, 9.17) is 14.7 Å². The predicted molar refractivity (Wildman–Crippen MR) is 135 cm³/mol. The van der Waals surface area contributed by atoms with Crippen molar-refractivity contribution in [3.63, 3.8) is 0 Å². The number of ether oxygens (including phenoxy) is 1. The fourth-order valence-corrected chi connectivity index (χ4v) is 4.41. The van der Waals surface area contributed by atoms with Gasteiger partial charge in [-0.1, -0.05) is 55.0 Å². The van der Waals surface area contributed by atoms with Crippen LogP contribution in [0.2, 0.25) is 0 Å². The third kappa shape index (κ3) is 5.93. The van der Waals surface area contributed by atoms with Crippen LogP contribution in [0.25, 0.3) is 0 Å². The third-order valence-electron chi connectivity index (χ3n) is 6.27. The van der Waals surface area contributed by atoms with Crippen molar-refractivity contribution in [2.24, 2.45) is 0 Å². The lowest BCUT2D eigenvalue weighted by atomic mass is 10.0. The number of para-hydroxylation sites is 1. The number of nitrogens with zero attached hydrogens (tertiary/aromatic N) is 4. The second-order valence-electron chi connectivity index (χ2n) is 8.86. The summed E-state index contributed by atoms with van der Waals surface area (Å²) in [5, 5.41) is 0. The van der Waals surface area contributed by atoms with Crippen LogP contribution in [0, 0.1) is 13.8 Å². The van der Waals surface area contributed by atoms with Gasteiger partial charge in [0, 0.05) is 43.9 Å². The minimum atomic E-state index is 0.0266. The van der Waals surface area contributed by atoms with Crippen LogP contribution in [0.3, 0.4) is 0 Å². The lowest BCUT2D eigenvalue weighted by Crippen LogP contribution is -2.38. The van der Waals surface area contributed by atoms with Gasteiger partial charge in [0.05, 0.1) is 0 Å². The van der Waals surface area contributed by atoms with Crippen molar-refractivity contribution >= 4 is 11.7 Å². The molecule has 4 rings (SSSR count). The summed E-state index contributed by atoms with van der Waals surface area (Å²) in [6.07, 6.45) is 2.57. The highest BCUT2D eigenvalue weighted by Crippen LogP contribution is 2.26. The summed E-state index contributed by atoms with van der Waals surface area (Å²) in [4.78, 5) is 26.7. The van der Waals surface area contributed by atoms with Gasteiger partial charge in [0.2, 0.25) is 0 Å². The number of benzene rings is 2. The molecular formula is C28H34N4O2. The number of carbonyl (C=O) groups excluding carboxylic acids is 1. The van der Waals surface area contributed by atoms with E-state index in [0.717, 1.165) is 62.0 Å². The quantitative estimate of drug-likeness (QED) is 0.526. The Hall–Kier alpha value is -3.41. The Morgan fingerprint density at radius 1 is 0.941 bits per heavy atom. The van der Waals surface area contributed by atoms with Crippen molar-refractivity contribution in [3.05, 3.63) is 82.8 Å². The van der Waals surface area contributed by atoms with E-state index < -0.39 is 0 Å². The summed E-state index contributed by atoms with van der Waals surface area (Å²) in [5.41, 5.74) is 4.83. The molecule has 0 N–H and O–H groups in total. The van der Waals surface area contributed by atoms with Crippen molar-refractivity contribution in [2.75, 3.05) is 37.7 Å². The molecule has 1 saturated heterocycles. The summed E-state index contributed by atoms with van der Waals surface area (Å²) in [7, 11) is 0. The van der Waals surface area contributed by atoms with E-state index >= 15 is 0 Å². The average Bonchev–Trinajstić information content (AvgIpc) is 3.11. The van der Waals surface area contributed by atoms with Crippen LogP contribution in [0.15, 0.2) is 54.6 Å². The Morgan fingerprint density at radius 2 is 1.71 bits per heavy atom. The van der Waals surface area contributed by atoms with Crippen molar-refractivity contribution in [3.8, 4) is 5.75 Å². The molecule has 1 aromatic heterocycles. The average molecular weight is 459 g/mol. The summed E-state index contributed by atoms with van der Waals surface area (Å²) in [5.74, 6) is 2.56. The molecule has 0 aliphatic carbocycles. The van der Waals surface area contributed by atoms with Crippen molar-refractivity contribution in [2.45, 2.75) is 40.0 Å². The third-order valence-corrected chi connectivity index (χ3v) is 6.27. The van der Waals surface area contributed by atoms with Crippen LogP contribution in [-0.2, 0) is 17.6 Å². The van der Waals surface area contributed by atoms with Crippen LogP contribution < -0.4 is 9.64 Å². The molecule has 0 atom stereocenters. The van der Waals surface area contributed by atoms with E-state index in [1.165, 1.54) is 16.7 Å². The highest BCUT2D eigenvalue weighted by Gasteiger charge is 2.23. The highest BCUT2D eigenvalue weighted by atomic mass is 16.5. The summed E-state index contributed by atoms with van der Waals surface area (Å²) < 4.78 is 5.69. The fourth-order valence-electron chi connectivity index (χ4n) is 4.41. The maximum absolute atomic E-state index is 12.8. The number of aryl methyl sites for hydroxylation is 3. The Morgan fingerprint density at radius 3 is 2.44 bits per heavy atom. The number of rotatable bonds is 7. The fraction of sp³-hybridized carbons (Fsp3) is 0.393. The lowest BCUT2D eigenvalue weighted by Gasteiger charge is -2.26. The largest absolute Gasteiger partial charge is 0.484 e. The van der Waals surface area contributed by atoms with Crippen LogP contribution in [0.4, 0.5) is 5.82 Å². The monoisotopic (exact) mass is 458 g/mol. The van der Waals surface area contributed by atoms with Gasteiger partial charge in [-0.25, -0.2) is 9.97 Å². The SMILES string of the molecule is CCc1nc(C)nc(N2CCCN(C(=O)COc3ccccc3)CC2)c1Cc1ccc(C)cc1. The maximum Gasteiger partial charge on any atom is 0.260 e. The summed E-state index contributed by atoms with van der Waals surface area (Å²) in [6, 6.07) is 18.2. The van der Waals surface area contributed by atoms with Gasteiger partial charge < -0.3 is 14.5 Å². The molecule has 0 saturated carbocycles. The molecule has 34 heavy (non-hydrogen) atoms. The second kappa shape index (κ2) is 11.1. The number of aromatic nitrogens is 2. The van der Waals surface area contributed by atoms with Crippen LogP contribution >= 0.6 is 0 Å². The molecule has 2 heterocycles. The number of hydrogen-bond acceptors (Lipinski definition) is 5. The molecule has 0 bridgehead atoms. The van der Waals surface area contributed by atoms with E-state index in [0.29, 0.717) is 6.54 Å². The molecule has 0 spiro atoms. The topological polar surface area (TPSA) is 58.6 Å². The Bertz CT molecular complexity index is 1100. The molecule has 0 radical (unpaired) electrons. The molecule has 3 aromatic rings. The molecule has 0 unspecified atom stereocenters. The summed E-state index contributed by atoms with van der Waals surface area (Å²) >= 11 is 0. The molecule has 1 fully saturated rings. The Kier molecular flexibility index (Phi) is 7.78. The number of anilines is 1. The normalized spacial score (nSPS) is 14.1. The minimum Gasteiger partial charge on any atom is -0.484 e. The standard InChI is InChI=1S/C28H34N4O2/c1-4-26-25(19-23-13-11-21(2)12-14-23)28(30-22(3)29-26)32-16-8-15-31(17-18-32)27(33)20-34-24-9-6-5-7-10-24/h5-7,9-14H,4,8,15-20H2,1-3H3. The number of hydrogen-bond donors (Lipinski definition) is 0. The minimum absolute atomic E-state index is 0.0266. The zero-order valence-corrected chi connectivity index (χ0v) is 20.5. The van der Waals surface area contributed by atoms with Crippen LogP contribution in [0.5, 0.6) is 5.75 Å². The molecule has 1 amide bonds. The van der Waals surface area contributed by atoms with Gasteiger partial charge in [-0.15, -0.1) is 0 Å². The van der Waals surface area contributed by atoms with Gasteiger partial charge in [0.1, 0.15) is 17.4 Å². The van der Waals surface area contributed by atoms with Crippen LogP contribution in [0.1, 0.15) is 41.6 Å². The van der Waals surface area contributed by atoms with E-state index in [9.17, 15) is 4.79 Å². The lowest BCUT2D eigenvalue weighted by molar-refractivity contribution is -0.133. The number of amides is 1. The molecule has 6 heteroatoms. The van der Waals surface area contributed by atoms with Gasteiger partial charge in [-0.3, -0.25) is 4.79 Å². The molecule has 2 aromatic carbocycles. The summed E-state index contributed by atoms with van der Waals surface area (Å²) in [6.45, 7) is 9.29. The zero-order valence-electron chi connectivity index (χ0n) is 20.5. The maximum atomic E-state index is 12.8. The first kappa shape index (κ1) is 23.7. The van der Waals surface area contributed by atoms with E-state index in [-0.39, 0.29) is 12.5 Å². The van der Waals surface area contributed by atoms with Gasteiger partial charge in [0.15, 0.2) is 6.61 Å². The van der Waals surface area contributed by atoms with Crippen molar-refractivity contribution in [1.29, 1.82) is 0 Å². The van der Waals surface area contributed by atoms with Gasteiger partial charge in [0.25, 0.3) is 5.91 Å². The predicted octanol–water partition coefficient (Wildman–Crippen LogP) is 4.36. The molecule has 6 nitrogen and oxygen atoms in total. The smallest absolute Gasteiger partial charge is 0.260 e. The molecule has 178 valence electrons. The first-order chi connectivity index (χ1) is 16.5. The van der Waals surface area contributed by atoms with E-state index in [1.54, 1.807) is 0 Å². The Labute approximate surface area is 202 Å². The molecule has 1 aliphatic rings. The first-order valence-corrected chi connectivity index (χ1v) is 12.2. The highest BCUT2D eigenvalue weighted by molar-refractivity contribution is 5.78. The number of carbonyl (C=O) groups is 1. The second-order valence-corrected chi connectivity index (χ2v) is 8.86. The van der Waals surface area contributed by atoms with E-state index in [2.05, 4.69) is 43.0 Å². The molecule has 1 aliphatic heterocycles. The molecular weight excluding hydrogens is 424 g/mol. The Balaban J connectivity index is 1.48. The van der Waals surface area contributed by atoms with Crippen molar-refractivity contribution < 1.29 is 9.53 Å². The van der Waals surface area contributed by atoms with Gasteiger partial charge in [-0.05, 0) is 44.4 Å². The van der Waals surface area contributed by atoms with Crippen molar-refractivity contribution in [1.82, 2.24) is 14.9 Å². The van der Waals surface area contributed by atoms with Gasteiger partial charge in [-0.2, -0.15) is 0 Å². The zero-order chi connectivity index (χ0) is 23.9. The van der Waals surface area contributed by atoms with Crippen LogP contribution in [-0.4, -0.2) is 53.6 Å². The first-order valence-electron chi connectivity index (χ1n) is 12.2. The van der Waals surface area contributed by atoms with Gasteiger partial charge >= 0.3 is 0 Å².